The Labute approximate surface area is 75.4 Å². The maximum absolute atomic E-state index is 11.1. The Morgan fingerprint density at radius 1 is 1.54 bits per heavy atom. The summed E-state index contributed by atoms with van der Waals surface area (Å²) in [6.07, 6.45) is 0.847. The highest BCUT2D eigenvalue weighted by Gasteiger charge is 2.14. The van der Waals surface area contributed by atoms with Crippen molar-refractivity contribution in [3.63, 3.8) is 0 Å². The van der Waals surface area contributed by atoms with E-state index in [1.807, 2.05) is 0 Å². The number of hydrogen-bond acceptors (Lipinski definition) is 4. The Balaban J connectivity index is 2.57. The van der Waals surface area contributed by atoms with Gasteiger partial charge in [-0.25, -0.2) is 4.79 Å². The summed E-state index contributed by atoms with van der Waals surface area (Å²) in [6.45, 7) is 1.98. The van der Waals surface area contributed by atoms with E-state index in [0.717, 1.165) is 30.8 Å². The Morgan fingerprint density at radius 3 is 3.15 bits per heavy atom. The highest BCUT2D eigenvalue weighted by atomic mass is 16.1. The van der Waals surface area contributed by atoms with Gasteiger partial charge < -0.3 is 16.0 Å². The fraction of sp³-hybridized carbons (Fsp3) is 0.500. The Hall–Kier alpha value is -1.20. The van der Waals surface area contributed by atoms with Crippen molar-refractivity contribution >= 4 is 0 Å². The SMILES string of the molecule is NCc1nc(=O)[nH]c2c1CNCC2. The van der Waals surface area contributed by atoms with Crippen molar-refractivity contribution in [2.24, 2.45) is 5.73 Å². The van der Waals surface area contributed by atoms with Crippen molar-refractivity contribution in [3.05, 3.63) is 27.4 Å². The van der Waals surface area contributed by atoms with Gasteiger partial charge in [0.05, 0.1) is 5.69 Å². The second-order valence-electron chi connectivity index (χ2n) is 3.08. The molecule has 0 atom stereocenters. The molecule has 1 aromatic rings. The topological polar surface area (TPSA) is 83.8 Å². The minimum atomic E-state index is -0.291. The van der Waals surface area contributed by atoms with Gasteiger partial charge in [0, 0.05) is 37.3 Å². The summed E-state index contributed by atoms with van der Waals surface area (Å²) in [4.78, 5) is 17.6. The zero-order valence-electron chi connectivity index (χ0n) is 7.26. The maximum Gasteiger partial charge on any atom is 0.345 e. The molecular weight excluding hydrogens is 168 g/mol. The van der Waals surface area contributed by atoms with Crippen LogP contribution in [0.3, 0.4) is 0 Å². The molecule has 0 aromatic carbocycles. The Morgan fingerprint density at radius 2 is 2.38 bits per heavy atom. The zero-order valence-corrected chi connectivity index (χ0v) is 7.26. The molecule has 0 spiro atoms. The van der Waals surface area contributed by atoms with Gasteiger partial charge in [-0.15, -0.1) is 0 Å². The standard InChI is InChI=1S/C8H12N4O/c9-3-7-5-4-10-2-1-6(5)11-8(13)12-7/h10H,1-4,9H2,(H,11,12,13). The van der Waals surface area contributed by atoms with Gasteiger partial charge in [0.2, 0.25) is 0 Å². The normalized spacial score (nSPS) is 15.5. The number of rotatable bonds is 1. The molecule has 0 saturated carbocycles. The Bertz CT molecular complexity index is 351. The van der Waals surface area contributed by atoms with E-state index >= 15 is 0 Å². The van der Waals surface area contributed by atoms with Crippen molar-refractivity contribution in [2.75, 3.05) is 6.54 Å². The molecule has 2 heterocycles. The molecule has 1 aliphatic heterocycles. The molecule has 0 fully saturated rings. The highest BCUT2D eigenvalue weighted by Crippen LogP contribution is 2.11. The van der Waals surface area contributed by atoms with Crippen LogP contribution in [0.1, 0.15) is 17.0 Å². The van der Waals surface area contributed by atoms with Crippen LogP contribution < -0.4 is 16.7 Å². The number of aromatic nitrogens is 2. The predicted octanol–water partition coefficient (Wildman–Crippen LogP) is -1.13. The van der Waals surface area contributed by atoms with Crippen molar-refractivity contribution in [3.8, 4) is 0 Å². The number of fused-ring (bicyclic) bond motifs is 1. The summed E-state index contributed by atoms with van der Waals surface area (Å²) >= 11 is 0. The first-order valence-corrected chi connectivity index (χ1v) is 4.33. The molecule has 4 N–H and O–H groups in total. The fourth-order valence-electron chi connectivity index (χ4n) is 1.61. The van der Waals surface area contributed by atoms with Crippen LogP contribution in [0.5, 0.6) is 0 Å². The van der Waals surface area contributed by atoms with Crippen molar-refractivity contribution < 1.29 is 0 Å². The average Bonchev–Trinajstić information content (AvgIpc) is 2.16. The minimum absolute atomic E-state index is 0.291. The number of nitrogens with one attached hydrogen (secondary N) is 2. The second kappa shape index (κ2) is 3.27. The summed E-state index contributed by atoms with van der Waals surface area (Å²) in [7, 11) is 0. The van der Waals surface area contributed by atoms with E-state index in [1.165, 1.54) is 0 Å². The fourth-order valence-corrected chi connectivity index (χ4v) is 1.61. The van der Waals surface area contributed by atoms with Crippen LogP contribution in [-0.4, -0.2) is 16.5 Å². The molecule has 13 heavy (non-hydrogen) atoms. The predicted molar refractivity (Wildman–Crippen MR) is 48.2 cm³/mol. The van der Waals surface area contributed by atoms with Crippen molar-refractivity contribution in [2.45, 2.75) is 19.5 Å². The van der Waals surface area contributed by atoms with Gasteiger partial charge in [-0.3, -0.25) is 0 Å². The van der Waals surface area contributed by atoms with Crippen molar-refractivity contribution in [1.29, 1.82) is 0 Å². The summed E-state index contributed by atoms with van der Waals surface area (Å²) in [6, 6.07) is 0. The molecule has 1 aliphatic rings. The first-order chi connectivity index (χ1) is 6.31. The van der Waals surface area contributed by atoms with E-state index < -0.39 is 0 Å². The van der Waals surface area contributed by atoms with E-state index in [2.05, 4.69) is 15.3 Å². The van der Waals surface area contributed by atoms with Gasteiger partial charge >= 0.3 is 5.69 Å². The number of hydrogen-bond donors (Lipinski definition) is 3. The van der Waals surface area contributed by atoms with Gasteiger partial charge in [-0.1, -0.05) is 0 Å². The maximum atomic E-state index is 11.1. The third kappa shape index (κ3) is 1.48. The quantitative estimate of drug-likeness (QED) is 0.511. The van der Waals surface area contributed by atoms with Crippen molar-refractivity contribution in [1.82, 2.24) is 15.3 Å². The molecule has 5 nitrogen and oxygen atoms in total. The van der Waals surface area contributed by atoms with E-state index in [4.69, 9.17) is 5.73 Å². The third-order valence-corrected chi connectivity index (χ3v) is 2.25. The Kier molecular flexibility index (Phi) is 2.12. The van der Waals surface area contributed by atoms with Crippen LogP contribution in [0.2, 0.25) is 0 Å². The summed E-state index contributed by atoms with van der Waals surface area (Å²) in [5.41, 5.74) is 7.97. The van der Waals surface area contributed by atoms with E-state index in [-0.39, 0.29) is 5.69 Å². The van der Waals surface area contributed by atoms with Gasteiger partial charge in [-0.2, -0.15) is 4.98 Å². The van der Waals surface area contributed by atoms with Crippen LogP contribution in [0.4, 0.5) is 0 Å². The third-order valence-electron chi connectivity index (χ3n) is 2.25. The van der Waals surface area contributed by atoms with Gasteiger partial charge in [0.1, 0.15) is 0 Å². The molecule has 0 amide bonds. The summed E-state index contributed by atoms with van der Waals surface area (Å²) in [5.74, 6) is 0. The molecule has 0 bridgehead atoms. The molecule has 5 heteroatoms. The number of nitrogens with zero attached hydrogens (tertiary/aromatic N) is 1. The molecule has 0 saturated heterocycles. The average molecular weight is 180 g/mol. The lowest BCUT2D eigenvalue weighted by Gasteiger charge is -2.18. The number of H-pyrrole nitrogens is 1. The second-order valence-corrected chi connectivity index (χ2v) is 3.08. The highest BCUT2D eigenvalue weighted by molar-refractivity contribution is 5.26. The van der Waals surface area contributed by atoms with Crippen LogP contribution in [-0.2, 0) is 19.5 Å². The molecule has 0 unspecified atom stereocenters. The smallest absolute Gasteiger partial charge is 0.325 e. The van der Waals surface area contributed by atoms with Gasteiger partial charge in [0.15, 0.2) is 0 Å². The molecular formula is C8H12N4O. The summed E-state index contributed by atoms with van der Waals surface area (Å²) in [5, 5.41) is 3.22. The number of nitrogens with two attached hydrogens (primary N) is 1. The lowest BCUT2D eigenvalue weighted by molar-refractivity contribution is 0.612. The molecule has 0 radical (unpaired) electrons. The minimum Gasteiger partial charge on any atom is -0.325 e. The van der Waals surface area contributed by atoms with Crippen LogP contribution in [0.25, 0.3) is 0 Å². The van der Waals surface area contributed by atoms with E-state index in [0.29, 0.717) is 12.2 Å². The lowest BCUT2D eigenvalue weighted by atomic mass is 10.1. The summed E-state index contributed by atoms with van der Waals surface area (Å²) < 4.78 is 0. The van der Waals surface area contributed by atoms with Crippen LogP contribution in [0.15, 0.2) is 4.79 Å². The lowest BCUT2D eigenvalue weighted by Crippen LogP contribution is -2.30. The first kappa shape index (κ1) is 8.40. The molecule has 1 aromatic heterocycles. The number of aromatic amines is 1. The zero-order chi connectivity index (χ0) is 9.26. The van der Waals surface area contributed by atoms with E-state index in [9.17, 15) is 4.79 Å². The van der Waals surface area contributed by atoms with Crippen LogP contribution in [0, 0.1) is 0 Å². The van der Waals surface area contributed by atoms with Gasteiger partial charge in [0.25, 0.3) is 0 Å². The molecule has 70 valence electrons. The largest absolute Gasteiger partial charge is 0.345 e. The van der Waals surface area contributed by atoms with E-state index in [1.54, 1.807) is 0 Å². The monoisotopic (exact) mass is 180 g/mol. The van der Waals surface area contributed by atoms with Gasteiger partial charge in [-0.05, 0) is 0 Å². The first-order valence-electron chi connectivity index (χ1n) is 4.33. The molecule has 0 aliphatic carbocycles. The van der Waals surface area contributed by atoms with Crippen LogP contribution >= 0.6 is 0 Å². The molecule has 2 rings (SSSR count).